The first-order valence-electron chi connectivity index (χ1n) is 5.37. The van der Waals surface area contributed by atoms with E-state index < -0.39 is 48.6 Å². The molecule has 0 N–H and O–H groups in total. The summed E-state index contributed by atoms with van der Waals surface area (Å²) in [6.07, 6.45) is -5.15. The molecule has 1 heterocycles. The Labute approximate surface area is 105 Å². The minimum absolute atomic E-state index is 0.0921. The molecule has 0 aromatic heterocycles. The van der Waals surface area contributed by atoms with E-state index >= 15 is 0 Å². The average Bonchev–Trinajstić information content (AvgIpc) is 2.36. The molecule has 0 bridgehead atoms. The number of carbonyl (C=O) groups excluding carboxylic acids is 1. The maximum atomic E-state index is 12.8. The van der Waals surface area contributed by atoms with E-state index in [1.807, 2.05) is 0 Å². The first kappa shape index (κ1) is 13.8. The van der Waals surface area contributed by atoms with E-state index in [1.54, 1.807) is 0 Å². The Bertz CT molecular complexity index is 505. The van der Waals surface area contributed by atoms with Crippen molar-refractivity contribution >= 4 is 5.78 Å². The predicted molar refractivity (Wildman–Crippen MR) is 55.7 cm³/mol. The van der Waals surface area contributed by atoms with Gasteiger partial charge in [0.2, 0.25) is 0 Å². The van der Waals surface area contributed by atoms with E-state index in [0.717, 1.165) is 12.1 Å². The van der Waals surface area contributed by atoms with Gasteiger partial charge in [-0.25, -0.2) is 8.78 Å². The Hall–Kier alpha value is -1.66. The van der Waals surface area contributed by atoms with Crippen molar-refractivity contribution < 1.29 is 31.5 Å². The molecule has 0 amide bonds. The number of hydrogen-bond donors (Lipinski definition) is 0. The molecule has 104 valence electrons. The molecular weight excluding hydrogens is 271 g/mol. The number of ketones is 1. The number of carbonyl (C=O) groups is 1. The zero-order valence-electron chi connectivity index (χ0n) is 9.56. The van der Waals surface area contributed by atoms with Crippen LogP contribution in [0.3, 0.4) is 0 Å². The molecule has 7 heteroatoms. The first-order valence-corrected chi connectivity index (χ1v) is 5.37. The van der Waals surface area contributed by atoms with Crippen LogP contribution in [-0.2, 0) is 6.18 Å². The highest BCUT2D eigenvalue weighted by Crippen LogP contribution is 2.38. The van der Waals surface area contributed by atoms with Crippen LogP contribution in [0.25, 0.3) is 0 Å². The second-order valence-corrected chi connectivity index (χ2v) is 4.36. The lowest BCUT2D eigenvalue weighted by molar-refractivity contribution is -0.137. The Morgan fingerprint density at radius 3 is 2.37 bits per heavy atom. The molecule has 1 aromatic rings. The van der Waals surface area contributed by atoms with Crippen LogP contribution in [0.15, 0.2) is 18.2 Å². The molecule has 19 heavy (non-hydrogen) atoms. The molecule has 1 aliphatic rings. The summed E-state index contributed by atoms with van der Waals surface area (Å²) in [6.45, 7) is -2.57. The van der Waals surface area contributed by atoms with E-state index in [4.69, 9.17) is 4.74 Å². The third kappa shape index (κ3) is 2.41. The number of ether oxygens (including phenoxy) is 1. The molecule has 0 radical (unpaired) electrons. The van der Waals surface area contributed by atoms with Gasteiger partial charge in [-0.2, -0.15) is 13.2 Å². The zero-order valence-corrected chi connectivity index (χ0v) is 9.56. The number of alkyl halides is 5. The van der Waals surface area contributed by atoms with Crippen LogP contribution in [0.4, 0.5) is 22.0 Å². The smallest absolute Gasteiger partial charge is 0.416 e. The second kappa shape index (κ2) is 4.47. The van der Waals surface area contributed by atoms with Crippen LogP contribution in [0, 0.1) is 0 Å². The molecule has 0 unspecified atom stereocenters. The van der Waals surface area contributed by atoms with Crippen LogP contribution in [-0.4, -0.2) is 24.7 Å². The maximum absolute atomic E-state index is 12.8. The third-order valence-electron chi connectivity index (χ3n) is 2.91. The van der Waals surface area contributed by atoms with Crippen molar-refractivity contribution in [3.63, 3.8) is 0 Å². The van der Waals surface area contributed by atoms with Crippen molar-refractivity contribution in [3.05, 3.63) is 29.3 Å². The van der Waals surface area contributed by atoms with Gasteiger partial charge < -0.3 is 4.74 Å². The van der Waals surface area contributed by atoms with E-state index in [1.165, 1.54) is 0 Å². The normalized spacial score (nSPS) is 17.8. The first-order chi connectivity index (χ1) is 8.81. The lowest BCUT2D eigenvalue weighted by Crippen LogP contribution is -2.46. The zero-order chi connectivity index (χ0) is 14.3. The summed E-state index contributed by atoms with van der Waals surface area (Å²) in [7, 11) is 0. The Kier molecular flexibility index (Phi) is 3.24. The van der Waals surface area contributed by atoms with Crippen molar-refractivity contribution in [2.75, 3.05) is 13.3 Å². The summed E-state index contributed by atoms with van der Waals surface area (Å²) >= 11 is 0. The molecule has 0 spiro atoms. The summed E-state index contributed by atoms with van der Waals surface area (Å²) < 4.78 is 68.1. The van der Waals surface area contributed by atoms with Gasteiger partial charge in [-0.3, -0.25) is 4.79 Å². The van der Waals surface area contributed by atoms with Gasteiger partial charge in [0.25, 0.3) is 0 Å². The second-order valence-electron chi connectivity index (χ2n) is 4.36. The van der Waals surface area contributed by atoms with Crippen molar-refractivity contribution in [2.24, 2.45) is 0 Å². The lowest BCUT2D eigenvalue weighted by Gasteiger charge is -2.33. The van der Waals surface area contributed by atoms with Gasteiger partial charge in [0, 0.05) is 0 Å². The highest BCUT2D eigenvalue weighted by Gasteiger charge is 2.42. The van der Waals surface area contributed by atoms with Crippen molar-refractivity contribution in [2.45, 2.75) is 18.2 Å². The van der Waals surface area contributed by atoms with Gasteiger partial charge in [0.1, 0.15) is 19.1 Å². The fourth-order valence-corrected chi connectivity index (χ4v) is 1.86. The lowest BCUT2D eigenvalue weighted by atomic mass is 9.91. The molecule has 0 aliphatic carbocycles. The number of halogens is 5. The molecule has 1 aliphatic heterocycles. The number of fused-ring (bicyclic) bond motifs is 1. The molecule has 0 saturated carbocycles. The van der Waals surface area contributed by atoms with Crippen molar-refractivity contribution in [3.8, 4) is 5.75 Å². The monoisotopic (exact) mass is 280 g/mol. The number of rotatable bonds is 2. The predicted octanol–water partition coefficient (Wildman–Crippen LogP) is 3.35. The van der Waals surface area contributed by atoms with Crippen molar-refractivity contribution in [1.29, 1.82) is 0 Å². The summed E-state index contributed by atoms with van der Waals surface area (Å²) in [6, 6.07) is 2.28. The molecule has 0 fully saturated rings. The summed E-state index contributed by atoms with van der Waals surface area (Å²) in [5.41, 5.74) is -3.13. The number of benzene rings is 1. The number of Topliss-reactive ketones (excluding diaryl/α,β-unsaturated/α-hetero) is 1. The standard InChI is InChI=1S/C12H9F5O2/c13-5-11(6-14)4-9(18)8-2-1-7(12(15,16)17)3-10(8)19-11/h1-3H,4-6H2. The van der Waals surface area contributed by atoms with Crippen LogP contribution in [0.5, 0.6) is 5.75 Å². The Balaban J connectivity index is 2.47. The quantitative estimate of drug-likeness (QED) is 0.777. The highest BCUT2D eigenvalue weighted by molar-refractivity contribution is 6.00. The van der Waals surface area contributed by atoms with Gasteiger partial charge in [0.15, 0.2) is 11.4 Å². The van der Waals surface area contributed by atoms with Gasteiger partial charge in [-0.1, -0.05) is 0 Å². The van der Waals surface area contributed by atoms with Crippen LogP contribution in [0.2, 0.25) is 0 Å². The minimum Gasteiger partial charge on any atom is -0.481 e. The van der Waals surface area contributed by atoms with Crippen LogP contribution in [0.1, 0.15) is 22.3 Å². The highest BCUT2D eigenvalue weighted by atomic mass is 19.4. The molecule has 2 nitrogen and oxygen atoms in total. The topological polar surface area (TPSA) is 26.3 Å². The molecule has 0 saturated heterocycles. The van der Waals surface area contributed by atoms with E-state index in [-0.39, 0.29) is 5.56 Å². The fourth-order valence-electron chi connectivity index (χ4n) is 1.86. The van der Waals surface area contributed by atoms with E-state index in [9.17, 15) is 26.7 Å². The van der Waals surface area contributed by atoms with Crippen LogP contribution < -0.4 is 4.74 Å². The van der Waals surface area contributed by atoms with E-state index in [0.29, 0.717) is 6.07 Å². The molecule has 1 aromatic carbocycles. The summed E-state index contributed by atoms with van der Waals surface area (Å²) in [5.74, 6) is -1.06. The maximum Gasteiger partial charge on any atom is 0.416 e. The Morgan fingerprint density at radius 1 is 1.21 bits per heavy atom. The largest absolute Gasteiger partial charge is 0.481 e. The minimum atomic E-state index is -4.62. The van der Waals surface area contributed by atoms with Gasteiger partial charge in [0.05, 0.1) is 17.5 Å². The molecule has 2 rings (SSSR count). The van der Waals surface area contributed by atoms with Gasteiger partial charge in [-0.05, 0) is 18.2 Å². The molecular formula is C12H9F5O2. The Morgan fingerprint density at radius 2 is 1.84 bits per heavy atom. The third-order valence-corrected chi connectivity index (χ3v) is 2.91. The fraction of sp³-hybridized carbons (Fsp3) is 0.417. The average molecular weight is 280 g/mol. The SMILES string of the molecule is O=C1CC(CF)(CF)Oc2cc(C(F)(F)F)ccc21. The van der Waals surface area contributed by atoms with E-state index in [2.05, 4.69) is 0 Å². The van der Waals surface area contributed by atoms with Gasteiger partial charge in [-0.15, -0.1) is 0 Å². The van der Waals surface area contributed by atoms with Crippen LogP contribution >= 0.6 is 0 Å². The van der Waals surface area contributed by atoms with Crippen molar-refractivity contribution in [1.82, 2.24) is 0 Å². The number of hydrogen-bond acceptors (Lipinski definition) is 2. The molecule has 0 atom stereocenters. The van der Waals surface area contributed by atoms with Gasteiger partial charge >= 0.3 is 6.18 Å². The summed E-state index contributed by atoms with van der Waals surface area (Å²) in [5, 5.41) is 0. The summed E-state index contributed by atoms with van der Waals surface area (Å²) in [4.78, 5) is 11.7.